The minimum absolute atomic E-state index is 0.0441. The van der Waals surface area contributed by atoms with Crippen molar-refractivity contribution in [2.45, 2.75) is 25.0 Å². The molecule has 0 radical (unpaired) electrons. The molecule has 5 nitrogen and oxygen atoms in total. The summed E-state index contributed by atoms with van der Waals surface area (Å²) in [5, 5.41) is 0. The van der Waals surface area contributed by atoms with E-state index in [2.05, 4.69) is 56.7 Å². The topological polar surface area (TPSA) is 33.5 Å². The van der Waals surface area contributed by atoms with Crippen LogP contribution in [0.1, 0.15) is 18.7 Å². The fraction of sp³-hybridized carbons (Fsp3) is 0.526. The Bertz CT molecular complexity index is 667. The summed E-state index contributed by atoms with van der Waals surface area (Å²) >= 11 is 0. The van der Waals surface area contributed by atoms with E-state index in [1.807, 2.05) is 12.4 Å². The first-order valence-electron chi connectivity index (χ1n) is 8.87. The predicted octanol–water partition coefficient (Wildman–Crippen LogP) is 2.29. The van der Waals surface area contributed by atoms with Crippen molar-refractivity contribution in [2.75, 3.05) is 37.7 Å². The summed E-state index contributed by atoms with van der Waals surface area (Å²) in [4.78, 5) is 9.46. The lowest BCUT2D eigenvalue weighted by Gasteiger charge is -2.48. The number of aromatic nitrogens is 2. The Hall–Kier alpha value is -1.85. The second-order valence-corrected chi connectivity index (χ2v) is 7.06. The number of morpholine rings is 1. The highest BCUT2D eigenvalue weighted by atomic mass is 16.5. The van der Waals surface area contributed by atoms with Crippen molar-refractivity contribution in [1.29, 1.82) is 0 Å². The summed E-state index contributed by atoms with van der Waals surface area (Å²) in [6, 6.07) is 10.7. The predicted molar refractivity (Wildman–Crippen MR) is 95.1 cm³/mol. The van der Waals surface area contributed by atoms with Crippen molar-refractivity contribution in [3.63, 3.8) is 0 Å². The molecule has 2 aliphatic heterocycles. The Kier molecular flexibility index (Phi) is 4.29. The summed E-state index contributed by atoms with van der Waals surface area (Å²) in [5.74, 6) is 1.13. The fourth-order valence-corrected chi connectivity index (χ4v) is 4.01. The van der Waals surface area contributed by atoms with Crippen molar-refractivity contribution in [1.82, 2.24) is 14.5 Å². The van der Waals surface area contributed by atoms with Gasteiger partial charge in [0.15, 0.2) is 0 Å². The third kappa shape index (κ3) is 3.19. The summed E-state index contributed by atoms with van der Waals surface area (Å²) in [5.41, 5.74) is 1.26. The third-order valence-electron chi connectivity index (χ3n) is 5.27. The normalized spacial score (nSPS) is 25.3. The van der Waals surface area contributed by atoms with E-state index in [1.54, 1.807) is 0 Å². The van der Waals surface area contributed by atoms with Gasteiger partial charge in [-0.15, -0.1) is 0 Å². The van der Waals surface area contributed by atoms with Gasteiger partial charge in [0.25, 0.3) is 0 Å². The van der Waals surface area contributed by atoms with E-state index < -0.39 is 0 Å². The fourth-order valence-electron chi connectivity index (χ4n) is 4.01. The molecule has 2 aliphatic rings. The molecule has 0 aliphatic carbocycles. The molecule has 0 amide bonds. The monoisotopic (exact) mass is 326 g/mol. The summed E-state index contributed by atoms with van der Waals surface area (Å²) in [6.07, 6.45) is 6.23. The van der Waals surface area contributed by atoms with Crippen LogP contribution in [0.2, 0.25) is 0 Å². The van der Waals surface area contributed by atoms with Crippen LogP contribution in [0.3, 0.4) is 0 Å². The molecule has 2 saturated heterocycles. The number of para-hydroxylation sites is 1. The molecule has 1 unspecified atom stereocenters. The van der Waals surface area contributed by atoms with E-state index >= 15 is 0 Å². The molecule has 1 aromatic carbocycles. The number of aryl methyl sites for hydroxylation is 1. The smallest absolute Gasteiger partial charge is 0.122 e. The van der Waals surface area contributed by atoms with Crippen LogP contribution < -0.4 is 4.90 Å². The second-order valence-electron chi connectivity index (χ2n) is 7.06. The van der Waals surface area contributed by atoms with Gasteiger partial charge in [0.05, 0.1) is 18.8 Å². The molecule has 24 heavy (non-hydrogen) atoms. The Morgan fingerprint density at radius 1 is 1.17 bits per heavy atom. The Labute approximate surface area is 143 Å². The number of imidazole rings is 1. The maximum atomic E-state index is 6.33. The first-order chi connectivity index (χ1) is 11.7. The molecule has 2 aromatic rings. The summed E-state index contributed by atoms with van der Waals surface area (Å²) in [6.45, 7) is 5.79. The van der Waals surface area contributed by atoms with Crippen LogP contribution in [0.25, 0.3) is 0 Å². The maximum absolute atomic E-state index is 6.33. The molecule has 1 atom stereocenters. The SMILES string of the molecule is Cn1ccnc1CN1CCOC2(CCCN(c3ccccc3)C2)C1. The summed E-state index contributed by atoms with van der Waals surface area (Å²) in [7, 11) is 2.07. The highest BCUT2D eigenvalue weighted by Crippen LogP contribution is 2.32. The number of nitrogens with zero attached hydrogens (tertiary/aromatic N) is 4. The molecule has 5 heteroatoms. The quantitative estimate of drug-likeness (QED) is 0.867. The summed E-state index contributed by atoms with van der Waals surface area (Å²) < 4.78 is 8.44. The van der Waals surface area contributed by atoms with E-state index in [0.29, 0.717) is 0 Å². The highest BCUT2D eigenvalue weighted by Gasteiger charge is 2.40. The number of rotatable bonds is 3. The molecule has 1 spiro atoms. The number of piperidine rings is 1. The molecule has 128 valence electrons. The lowest BCUT2D eigenvalue weighted by molar-refractivity contribution is -0.116. The van der Waals surface area contributed by atoms with Gasteiger partial charge in [0, 0.05) is 51.3 Å². The van der Waals surface area contributed by atoms with E-state index in [4.69, 9.17) is 4.74 Å². The standard InChI is InChI=1S/C19H26N4O/c1-21-11-9-20-18(21)14-22-12-13-24-19(15-22)8-5-10-23(16-19)17-6-3-2-4-7-17/h2-4,6-7,9,11H,5,8,10,12-16H2,1H3. The van der Waals surface area contributed by atoms with Gasteiger partial charge in [-0.2, -0.15) is 0 Å². The van der Waals surface area contributed by atoms with Crippen LogP contribution in [0, 0.1) is 0 Å². The van der Waals surface area contributed by atoms with Crippen LogP contribution in [0.4, 0.5) is 5.69 Å². The molecular weight excluding hydrogens is 300 g/mol. The number of anilines is 1. The zero-order valence-corrected chi connectivity index (χ0v) is 14.4. The Balaban J connectivity index is 1.46. The lowest BCUT2D eigenvalue weighted by atomic mass is 9.90. The highest BCUT2D eigenvalue weighted by molar-refractivity contribution is 5.47. The molecule has 2 fully saturated rings. The largest absolute Gasteiger partial charge is 0.370 e. The van der Waals surface area contributed by atoms with Gasteiger partial charge in [-0.25, -0.2) is 4.98 Å². The minimum Gasteiger partial charge on any atom is -0.370 e. The first-order valence-corrected chi connectivity index (χ1v) is 8.87. The third-order valence-corrected chi connectivity index (χ3v) is 5.27. The maximum Gasteiger partial charge on any atom is 0.122 e. The molecular formula is C19H26N4O. The molecule has 1 aromatic heterocycles. The van der Waals surface area contributed by atoms with Gasteiger partial charge in [-0.1, -0.05) is 18.2 Å². The number of benzene rings is 1. The van der Waals surface area contributed by atoms with Crippen molar-refractivity contribution in [3.05, 3.63) is 48.5 Å². The van der Waals surface area contributed by atoms with Crippen molar-refractivity contribution < 1.29 is 4.74 Å². The zero-order chi connectivity index (χ0) is 16.4. The molecule has 3 heterocycles. The minimum atomic E-state index is -0.0441. The molecule has 4 rings (SSSR count). The van der Waals surface area contributed by atoms with Gasteiger partial charge in [-0.3, -0.25) is 4.90 Å². The van der Waals surface area contributed by atoms with E-state index in [-0.39, 0.29) is 5.60 Å². The van der Waals surface area contributed by atoms with Crippen LogP contribution in [-0.4, -0.2) is 52.8 Å². The van der Waals surface area contributed by atoms with E-state index in [1.165, 1.54) is 12.1 Å². The number of hydrogen-bond donors (Lipinski definition) is 0. The Morgan fingerprint density at radius 2 is 2.04 bits per heavy atom. The first kappa shape index (κ1) is 15.7. The van der Waals surface area contributed by atoms with Crippen molar-refractivity contribution in [2.24, 2.45) is 7.05 Å². The molecule has 0 N–H and O–H groups in total. The lowest BCUT2D eigenvalue weighted by Crippen LogP contribution is -2.59. The van der Waals surface area contributed by atoms with Crippen LogP contribution >= 0.6 is 0 Å². The Morgan fingerprint density at radius 3 is 2.83 bits per heavy atom. The zero-order valence-electron chi connectivity index (χ0n) is 14.4. The van der Waals surface area contributed by atoms with Gasteiger partial charge in [-0.05, 0) is 25.0 Å². The van der Waals surface area contributed by atoms with Gasteiger partial charge in [0.1, 0.15) is 5.82 Å². The van der Waals surface area contributed by atoms with E-state index in [9.17, 15) is 0 Å². The van der Waals surface area contributed by atoms with Crippen molar-refractivity contribution >= 4 is 5.69 Å². The second kappa shape index (κ2) is 6.57. The van der Waals surface area contributed by atoms with Crippen molar-refractivity contribution in [3.8, 4) is 0 Å². The number of ether oxygens (including phenoxy) is 1. The van der Waals surface area contributed by atoms with Gasteiger partial charge in [0.2, 0.25) is 0 Å². The van der Waals surface area contributed by atoms with Crippen LogP contribution in [-0.2, 0) is 18.3 Å². The van der Waals surface area contributed by atoms with Gasteiger partial charge < -0.3 is 14.2 Å². The average Bonchev–Trinajstić information content (AvgIpc) is 3.01. The molecule has 0 saturated carbocycles. The number of hydrogen-bond acceptors (Lipinski definition) is 4. The van der Waals surface area contributed by atoms with E-state index in [0.717, 1.165) is 51.6 Å². The average molecular weight is 326 g/mol. The van der Waals surface area contributed by atoms with Crippen LogP contribution in [0.5, 0.6) is 0 Å². The molecule has 0 bridgehead atoms. The van der Waals surface area contributed by atoms with Gasteiger partial charge >= 0.3 is 0 Å². The van der Waals surface area contributed by atoms with Crippen LogP contribution in [0.15, 0.2) is 42.7 Å².